The zero-order valence-electron chi connectivity index (χ0n) is 13.9. The number of benzene rings is 1. The average Bonchev–Trinajstić information content (AvgIpc) is 3.17. The molecule has 0 spiro atoms. The van der Waals surface area contributed by atoms with E-state index in [0.29, 0.717) is 24.6 Å². The third-order valence-electron chi connectivity index (χ3n) is 4.36. The van der Waals surface area contributed by atoms with Crippen LogP contribution in [0.3, 0.4) is 0 Å². The molecule has 1 amide bonds. The second kappa shape index (κ2) is 7.88. The van der Waals surface area contributed by atoms with Crippen LogP contribution in [0.15, 0.2) is 29.6 Å². The molecule has 128 valence electrons. The molecule has 6 heteroatoms. The molecule has 1 heterocycles. The lowest BCUT2D eigenvalue weighted by Crippen LogP contribution is -2.36. The van der Waals surface area contributed by atoms with Gasteiger partial charge in [-0.3, -0.25) is 9.69 Å². The van der Waals surface area contributed by atoms with Crippen molar-refractivity contribution in [2.75, 3.05) is 25.0 Å². The van der Waals surface area contributed by atoms with E-state index in [1.807, 2.05) is 12.3 Å². The van der Waals surface area contributed by atoms with Gasteiger partial charge in [0.15, 0.2) is 5.13 Å². The Labute approximate surface area is 146 Å². The molecule has 5 nitrogen and oxygen atoms in total. The molecule has 1 aliphatic rings. The van der Waals surface area contributed by atoms with Crippen molar-refractivity contribution in [1.29, 1.82) is 0 Å². The van der Waals surface area contributed by atoms with Gasteiger partial charge in [-0.15, -0.1) is 11.3 Å². The molecule has 1 aromatic carbocycles. The van der Waals surface area contributed by atoms with Gasteiger partial charge >= 0.3 is 0 Å². The fraction of sp³-hybridized carbons (Fsp3) is 0.444. The first kappa shape index (κ1) is 17.1. The van der Waals surface area contributed by atoms with Crippen molar-refractivity contribution in [3.05, 3.63) is 46.5 Å². The van der Waals surface area contributed by atoms with Crippen LogP contribution >= 0.6 is 11.3 Å². The maximum Gasteiger partial charge on any atom is 0.240 e. The number of amides is 1. The Balaban J connectivity index is 1.69. The molecule has 0 bridgehead atoms. The molecular weight excluding hydrogens is 322 g/mol. The van der Waals surface area contributed by atoms with E-state index in [1.54, 1.807) is 0 Å². The molecular formula is C18H23N3O2S. The number of hydrogen-bond donors (Lipinski definition) is 2. The van der Waals surface area contributed by atoms with Crippen LogP contribution in [-0.2, 0) is 11.2 Å². The Kier molecular flexibility index (Phi) is 5.60. The number of carbonyl (C=O) groups excluding carboxylic acids is 1. The molecule has 0 fully saturated rings. The zero-order chi connectivity index (χ0) is 16.9. The molecule has 1 atom stereocenters. The Morgan fingerprint density at radius 1 is 1.46 bits per heavy atom. The summed E-state index contributed by atoms with van der Waals surface area (Å²) < 4.78 is 0. The molecule has 1 aromatic heterocycles. The van der Waals surface area contributed by atoms with Crippen molar-refractivity contribution in [2.45, 2.75) is 32.2 Å². The van der Waals surface area contributed by atoms with Crippen LogP contribution in [0.2, 0.25) is 0 Å². The maximum absolute atomic E-state index is 12.4. The number of aryl methyl sites for hydroxylation is 2. The number of fused-ring (bicyclic) bond motifs is 1. The van der Waals surface area contributed by atoms with Crippen LogP contribution in [0.5, 0.6) is 0 Å². The van der Waals surface area contributed by atoms with Crippen LogP contribution in [0.4, 0.5) is 5.13 Å². The summed E-state index contributed by atoms with van der Waals surface area (Å²) in [7, 11) is 0. The van der Waals surface area contributed by atoms with Gasteiger partial charge in [-0.25, -0.2) is 4.98 Å². The molecule has 1 aliphatic carbocycles. The number of anilines is 1. The van der Waals surface area contributed by atoms with Gasteiger partial charge in [0.25, 0.3) is 0 Å². The van der Waals surface area contributed by atoms with Gasteiger partial charge < -0.3 is 10.4 Å². The van der Waals surface area contributed by atoms with Crippen molar-refractivity contribution in [3.8, 4) is 0 Å². The molecule has 24 heavy (non-hydrogen) atoms. The van der Waals surface area contributed by atoms with E-state index in [1.165, 1.54) is 22.5 Å². The number of aliphatic hydroxyl groups excluding tert-OH is 1. The average molecular weight is 345 g/mol. The Morgan fingerprint density at radius 2 is 2.29 bits per heavy atom. The second-order valence-electron chi connectivity index (χ2n) is 6.14. The number of hydrogen-bond acceptors (Lipinski definition) is 5. The summed E-state index contributed by atoms with van der Waals surface area (Å²) in [4.78, 5) is 18.9. The molecule has 0 radical (unpaired) electrons. The summed E-state index contributed by atoms with van der Waals surface area (Å²) in [5.74, 6) is -0.0494. The summed E-state index contributed by atoms with van der Waals surface area (Å²) >= 11 is 1.44. The summed E-state index contributed by atoms with van der Waals surface area (Å²) in [6.07, 6.45) is 2.74. The second-order valence-corrected chi connectivity index (χ2v) is 7.00. The summed E-state index contributed by atoms with van der Waals surface area (Å²) in [6, 6.07) is 8.69. The predicted octanol–water partition coefficient (Wildman–Crippen LogP) is 2.76. The highest BCUT2D eigenvalue weighted by Crippen LogP contribution is 2.35. The van der Waals surface area contributed by atoms with Gasteiger partial charge in [-0.05, 0) is 37.3 Å². The maximum atomic E-state index is 12.4. The largest absolute Gasteiger partial charge is 0.396 e. The minimum Gasteiger partial charge on any atom is -0.396 e. The van der Waals surface area contributed by atoms with Crippen LogP contribution in [0.1, 0.15) is 35.7 Å². The van der Waals surface area contributed by atoms with Crippen molar-refractivity contribution in [3.63, 3.8) is 0 Å². The van der Waals surface area contributed by atoms with Crippen molar-refractivity contribution in [2.24, 2.45) is 0 Å². The lowest BCUT2D eigenvalue weighted by Gasteiger charge is -2.28. The van der Waals surface area contributed by atoms with E-state index < -0.39 is 0 Å². The number of aromatic nitrogens is 1. The van der Waals surface area contributed by atoms with Crippen molar-refractivity contribution < 1.29 is 9.90 Å². The molecule has 3 rings (SSSR count). The van der Waals surface area contributed by atoms with Gasteiger partial charge in [-0.1, -0.05) is 24.3 Å². The number of thiazole rings is 1. The van der Waals surface area contributed by atoms with Crippen molar-refractivity contribution in [1.82, 2.24) is 9.88 Å². The summed E-state index contributed by atoms with van der Waals surface area (Å²) in [6.45, 7) is 3.07. The number of nitrogens with zero attached hydrogens (tertiary/aromatic N) is 2. The molecule has 0 unspecified atom stereocenters. The SMILES string of the molecule is Cc1csc(NC(=O)CN(CCCO)[C@@H]2CCc3ccccc32)n1. The van der Waals surface area contributed by atoms with E-state index in [0.717, 1.165) is 18.5 Å². The predicted molar refractivity (Wildman–Crippen MR) is 96.3 cm³/mol. The van der Waals surface area contributed by atoms with Crippen LogP contribution in [-0.4, -0.2) is 40.6 Å². The Bertz CT molecular complexity index is 701. The highest BCUT2D eigenvalue weighted by molar-refractivity contribution is 7.13. The smallest absolute Gasteiger partial charge is 0.240 e. The Hall–Kier alpha value is -1.76. The van der Waals surface area contributed by atoms with Gasteiger partial charge in [-0.2, -0.15) is 0 Å². The normalized spacial score (nSPS) is 16.4. The number of carbonyl (C=O) groups is 1. The Morgan fingerprint density at radius 3 is 3.04 bits per heavy atom. The van der Waals surface area contributed by atoms with E-state index in [2.05, 4.69) is 39.5 Å². The first-order valence-electron chi connectivity index (χ1n) is 8.32. The first-order chi connectivity index (χ1) is 11.7. The van der Waals surface area contributed by atoms with E-state index >= 15 is 0 Å². The molecule has 2 aromatic rings. The van der Waals surface area contributed by atoms with Crippen LogP contribution in [0.25, 0.3) is 0 Å². The monoisotopic (exact) mass is 345 g/mol. The quantitative estimate of drug-likeness (QED) is 0.810. The minimum absolute atomic E-state index is 0.0494. The lowest BCUT2D eigenvalue weighted by atomic mass is 10.1. The van der Waals surface area contributed by atoms with E-state index in [4.69, 9.17) is 0 Å². The fourth-order valence-electron chi connectivity index (χ4n) is 3.29. The van der Waals surface area contributed by atoms with Crippen LogP contribution < -0.4 is 5.32 Å². The minimum atomic E-state index is -0.0494. The van der Waals surface area contributed by atoms with E-state index in [9.17, 15) is 9.90 Å². The number of aliphatic hydroxyl groups is 1. The molecule has 0 saturated heterocycles. The van der Waals surface area contributed by atoms with Gasteiger partial charge in [0.05, 0.1) is 12.2 Å². The molecule has 0 aliphatic heterocycles. The number of rotatable bonds is 7. The van der Waals surface area contributed by atoms with Crippen molar-refractivity contribution >= 4 is 22.4 Å². The third-order valence-corrected chi connectivity index (χ3v) is 5.23. The highest BCUT2D eigenvalue weighted by Gasteiger charge is 2.28. The topological polar surface area (TPSA) is 65.5 Å². The van der Waals surface area contributed by atoms with Gasteiger partial charge in [0.2, 0.25) is 5.91 Å². The standard InChI is InChI=1S/C18H23N3O2S/c1-13-12-24-18(19-13)20-17(23)11-21(9-4-10-22)16-8-7-14-5-2-3-6-15(14)16/h2-3,5-6,12,16,22H,4,7-11H2,1H3,(H,19,20,23)/t16-/m1/s1. The molecule has 0 saturated carbocycles. The summed E-state index contributed by atoms with van der Waals surface area (Å²) in [5.41, 5.74) is 3.60. The number of nitrogens with one attached hydrogen (secondary N) is 1. The summed E-state index contributed by atoms with van der Waals surface area (Å²) in [5, 5.41) is 14.6. The zero-order valence-corrected chi connectivity index (χ0v) is 14.7. The van der Waals surface area contributed by atoms with Gasteiger partial charge in [0.1, 0.15) is 0 Å². The highest BCUT2D eigenvalue weighted by atomic mass is 32.1. The fourth-order valence-corrected chi connectivity index (χ4v) is 3.99. The third kappa shape index (κ3) is 4.01. The first-order valence-corrected chi connectivity index (χ1v) is 9.20. The van der Waals surface area contributed by atoms with E-state index in [-0.39, 0.29) is 18.6 Å². The van der Waals surface area contributed by atoms with Crippen LogP contribution in [0, 0.1) is 6.92 Å². The lowest BCUT2D eigenvalue weighted by molar-refractivity contribution is -0.118. The molecule has 2 N–H and O–H groups in total. The van der Waals surface area contributed by atoms with Gasteiger partial charge in [0, 0.05) is 24.6 Å².